The zero-order valence-electron chi connectivity index (χ0n) is 10.4. The number of carbonyl (C=O) groups excluding carboxylic acids is 2. The Morgan fingerprint density at radius 2 is 2.18 bits per heavy atom. The molecule has 98 valence electrons. The van der Waals surface area contributed by atoms with Gasteiger partial charge in [-0.05, 0) is 7.05 Å². The first-order chi connectivity index (χ1) is 8.17. The average molecular weight is 243 g/mol. The van der Waals surface area contributed by atoms with E-state index in [2.05, 4.69) is 16.0 Å². The van der Waals surface area contributed by atoms with Gasteiger partial charge in [-0.25, -0.2) is 4.79 Å². The smallest absolute Gasteiger partial charge is 0.407 e. The van der Waals surface area contributed by atoms with Gasteiger partial charge in [0.15, 0.2) is 0 Å². The number of carbonyl (C=O) groups is 2. The highest BCUT2D eigenvalue weighted by Crippen LogP contribution is 2.12. The van der Waals surface area contributed by atoms with Crippen molar-refractivity contribution in [1.82, 2.24) is 16.0 Å². The summed E-state index contributed by atoms with van der Waals surface area (Å²) in [4.78, 5) is 22.8. The van der Waals surface area contributed by atoms with Crippen LogP contribution in [0.5, 0.6) is 0 Å². The fourth-order valence-electron chi connectivity index (χ4n) is 1.77. The van der Waals surface area contributed by atoms with Crippen molar-refractivity contribution >= 4 is 11.9 Å². The molecule has 2 unspecified atom stereocenters. The zero-order valence-corrected chi connectivity index (χ0v) is 10.4. The van der Waals surface area contributed by atoms with Crippen LogP contribution in [0, 0.1) is 0 Å². The molecule has 2 atom stereocenters. The van der Waals surface area contributed by atoms with Crippen LogP contribution < -0.4 is 16.0 Å². The van der Waals surface area contributed by atoms with Gasteiger partial charge in [0.25, 0.3) is 0 Å². The van der Waals surface area contributed by atoms with Gasteiger partial charge in [0, 0.05) is 32.5 Å². The third kappa shape index (κ3) is 4.70. The molecule has 0 spiro atoms. The predicted octanol–water partition coefficient (Wildman–Crippen LogP) is -0.358. The zero-order chi connectivity index (χ0) is 12.7. The number of nitrogens with one attached hydrogen (secondary N) is 3. The van der Waals surface area contributed by atoms with Crippen LogP contribution in [0.4, 0.5) is 4.79 Å². The Morgan fingerprint density at radius 3 is 2.82 bits per heavy atom. The van der Waals surface area contributed by atoms with Crippen LogP contribution in [0.2, 0.25) is 0 Å². The van der Waals surface area contributed by atoms with Crippen molar-refractivity contribution in [3.63, 3.8) is 0 Å². The highest BCUT2D eigenvalue weighted by molar-refractivity contribution is 5.84. The van der Waals surface area contributed by atoms with Crippen LogP contribution >= 0.6 is 0 Å². The Bertz CT molecular complexity index is 271. The maximum atomic E-state index is 11.4. The minimum absolute atomic E-state index is 0.157. The molecular formula is C11H21N3O3. The lowest BCUT2D eigenvalue weighted by Gasteiger charge is -2.12. The SMILES string of the molecule is CCC(=O)C1CC(OC(=O)NCCNC)CN1. The van der Waals surface area contributed by atoms with E-state index in [1.54, 1.807) is 0 Å². The summed E-state index contributed by atoms with van der Waals surface area (Å²) in [5.74, 6) is 0.173. The van der Waals surface area contributed by atoms with E-state index in [4.69, 9.17) is 4.74 Å². The molecular weight excluding hydrogens is 222 g/mol. The van der Waals surface area contributed by atoms with E-state index >= 15 is 0 Å². The molecule has 0 bridgehead atoms. The van der Waals surface area contributed by atoms with E-state index in [-0.39, 0.29) is 17.9 Å². The minimum Gasteiger partial charge on any atom is -0.445 e. The summed E-state index contributed by atoms with van der Waals surface area (Å²) in [6.45, 7) is 3.63. The van der Waals surface area contributed by atoms with E-state index in [0.29, 0.717) is 32.5 Å². The van der Waals surface area contributed by atoms with Gasteiger partial charge in [-0.3, -0.25) is 4.79 Å². The molecule has 1 saturated heterocycles. The summed E-state index contributed by atoms with van der Waals surface area (Å²) in [6, 6.07) is -0.157. The molecule has 1 aliphatic heterocycles. The molecule has 0 aromatic carbocycles. The lowest BCUT2D eigenvalue weighted by atomic mass is 10.1. The molecule has 1 heterocycles. The normalized spacial score (nSPS) is 23.4. The highest BCUT2D eigenvalue weighted by atomic mass is 16.6. The van der Waals surface area contributed by atoms with Gasteiger partial charge in [-0.1, -0.05) is 6.92 Å². The van der Waals surface area contributed by atoms with Crippen LogP contribution in [0.1, 0.15) is 19.8 Å². The van der Waals surface area contributed by atoms with Crippen LogP contribution in [0.25, 0.3) is 0 Å². The fourth-order valence-corrected chi connectivity index (χ4v) is 1.77. The summed E-state index contributed by atoms with van der Waals surface area (Å²) in [6.07, 6.45) is 0.465. The molecule has 6 nitrogen and oxygen atoms in total. The molecule has 1 fully saturated rings. The second kappa shape index (κ2) is 7.24. The lowest BCUT2D eigenvalue weighted by Crippen LogP contribution is -2.34. The number of ether oxygens (including phenoxy) is 1. The molecule has 0 aliphatic carbocycles. The maximum absolute atomic E-state index is 11.4. The first-order valence-electron chi connectivity index (χ1n) is 6.02. The van der Waals surface area contributed by atoms with Gasteiger partial charge in [0.1, 0.15) is 11.9 Å². The largest absolute Gasteiger partial charge is 0.445 e. The van der Waals surface area contributed by atoms with Gasteiger partial charge < -0.3 is 20.7 Å². The number of ketones is 1. The minimum atomic E-state index is -0.420. The average Bonchev–Trinajstić information content (AvgIpc) is 2.77. The Kier molecular flexibility index (Phi) is 5.93. The van der Waals surface area contributed by atoms with Crippen molar-refractivity contribution in [2.75, 3.05) is 26.7 Å². The van der Waals surface area contributed by atoms with Crippen LogP contribution in [-0.4, -0.2) is 50.7 Å². The number of rotatable bonds is 6. The summed E-state index contributed by atoms with van der Waals surface area (Å²) in [5.41, 5.74) is 0. The maximum Gasteiger partial charge on any atom is 0.407 e. The van der Waals surface area contributed by atoms with Crippen LogP contribution in [0.3, 0.4) is 0 Å². The Morgan fingerprint density at radius 1 is 1.41 bits per heavy atom. The van der Waals surface area contributed by atoms with Crippen molar-refractivity contribution in [3.8, 4) is 0 Å². The predicted molar refractivity (Wildman–Crippen MR) is 63.9 cm³/mol. The molecule has 3 N–H and O–H groups in total. The molecule has 1 rings (SSSR count). The molecule has 17 heavy (non-hydrogen) atoms. The van der Waals surface area contributed by atoms with Crippen molar-refractivity contribution in [1.29, 1.82) is 0 Å². The first kappa shape index (κ1) is 13.9. The second-order valence-corrected chi connectivity index (χ2v) is 4.07. The van der Waals surface area contributed by atoms with Gasteiger partial charge in [0.05, 0.1) is 6.04 Å². The van der Waals surface area contributed by atoms with Crippen molar-refractivity contribution in [2.24, 2.45) is 0 Å². The Hall–Kier alpha value is -1.14. The first-order valence-corrected chi connectivity index (χ1v) is 6.02. The third-order valence-electron chi connectivity index (χ3n) is 2.75. The van der Waals surface area contributed by atoms with E-state index in [1.165, 1.54) is 0 Å². The number of Topliss-reactive ketones (excluding diaryl/α,β-unsaturated/α-hetero) is 1. The van der Waals surface area contributed by atoms with Gasteiger partial charge in [-0.2, -0.15) is 0 Å². The molecule has 0 aromatic heterocycles. The van der Waals surface area contributed by atoms with Gasteiger partial charge in [0.2, 0.25) is 0 Å². The van der Waals surface area contributed by atoms with Crippen LogP contribution in [-0.2, 0) is 9.53 Å². The molecule has 0 radical (unpaired) electrons. The molecule has 1 amide bonds. The number of hydrogen-bond acceptors (Lipinski definition) is 5. The molecule has 0 saturated carbocycles. The summed E-state index contributed by atoms with van der Waals surface area (Å²) >= 11 is 0. The van der Waals surface area contributed by atoms with E-state index in [9.17, 15) is 9.59 Å². The molecule has 0 aromatic rings. The molecule has 6 heteroatoms. The Balaban J connectivity index is 2.21. The van der Waals surface area contributed by atoms with Crippen molar-refractivity contribution in [2.45, 2.75) is 31.9 Å². The summed E-state index contributed by atoms with van der Waals surface area (Å²) < 4.78 is 5.19. The van der Waals surface area contributed by atoms with Crippen LogP contribution in [0.15, 0.2) is 0 Å². The summed E-state index contributed by atoms with van der Waals surface area (Å²) in [7, 11) is 1.81. The number of likely N-dealkylation sites (N-methyl/N-ethyl adjacent to an activating group) is 1. The monoisotopic (exact) mass is 243 g/mol. The standard InChI is InChI=1S/C11H21N3O3/c1-3-10(15)9-6-8(7-14-9)17-11(16)13-5-4-12-2/h8-9,12,14H,3-7H2,1-2H3,(H,13,16). The van der Waals surface area contributed by atoms with E-state index in [0.717, 1.165) is 0 Å². The topological polar surface area (TPSA) is 79.5 Å². The molecule has 1 aliphatic rings. The van der Waals surface area contributed by atoms with Crippen molar-refractivity contribution < 1.29 is 14.3 Å². The van der Waals surface area contributed by atoms with E-state index in [1.807, 2.05) is 14.0 Å². The van der Waals surface area contributed by atoms with Crippen molar-refractivity contribution in [3.05, 3.63) is 0 Å². The second-order valence-electron chi connectivity index (χ2n) is 4.07. The lowest BCUT2D eigenvalue weighted by molar-refractivity contribution is -0.120. The summed E-state index contributed by atoms with van der Waals surface area (Å²) in [5, 5.41) is 8.61. The number of alkyl carbamates (subject to hydrolysis) is 1. The number of hydrogen-bond donors (Lipinski definition) is 3. The third-order valence-corrected chi connectivity index (χ3v) is 2.75. The van der Waals surface area contributed by atoms with Gasteiger partial charge >= 0.3 is 6.09 Å². The number of amides is 1. The fraction of sp³-hybridized carbons (Fsp3) is 0.818. The van der Waals surface area contributed by atoms with E-state index < -0.39 is 6.09 Å². The van der Waals surface area contributed by atoms with Gasteiger partial charge in [-0.15, -0.1) is 0 Å². The highest BCUT2D eigenvalue weighted by Gasteiger charge is 2.30. The Labute approximate surface area is 101 Å². The quantitative estimate of drug-likeness (QED) is 0.555.